The molecular formula is C15H10FN3O2S. The van der Waals surface area contributed by atoms with Crippen LogP contribution in [-0.2, 0) is 4.79 Å². The zero-order valence-electron chi connectivity index (χ0n) is 11.2. The number of nitrogens with one attached hydrogen (secondary N) is 1. The van der Waals surface area contributed by atoms with Gasteiger partial charge in [0, 0.05) is 16.5 Å². The molecule has 0 radical (unpaired) electrons. The van der Waals surface area contributed by atoms with Crippen molar-refractivity contribution in [3.8, 4) is 11.5 Å². The Morgan fingerprint density at radius 1 is 1.23 bits per heavy atom. The number of aromatic nitrogens is 2. The normalized spacial score (nSPS) is 11.0. The molecule has 1 N–H and O–H groups in total. The molecule has 0 aliphatic rings. The molecule has 0 spiro atoms. The number of rotatable bonds is 4. The van der Waals surface area contributed by atoms with Crippen LogP contribution in [-0.4, -0.2) is 16.1 Å². The topological polar surface area (TPSA) is 68.0 Å². The molecule has 3 rings (SSSR count). The summed E-state index contributed by atoms with van der Waals surface area (Å²) >= 11 is 1.52. The van der Waals surface area contributed by atoms with E-state index >= 15 is 0 Å². The van der Waals surface area contributed by atoms with Crippen LogP contribution in [0, 0.1) is 5.82 Å². The van der Waals surface area contributed by atoms with E-state index in [9.17, 15) is 9.18 Å². The van der Waals surface area contributed by atoms with E-state index in [1.54, 1.807) is 6.08 Å². The second kappa shape index (κ2) is 6.31. The molecule has 0 bridgehead atoms. The van der Waals surface area contributed by atoms with Crippen LogP contribution < -0.4 is 5.32 Å². The number of hydrogen-bond acceptors (Lipinski definition) is 5. The van der Waals surface area contributed by atoms with E-state index in [1.165, 1.54) is 41.7 Å². The maximum absolute atomic E-state index is 12.9. The standard InChI is InChI=1S/C15H10FN3O2S/c16-11-5-3-10(4-6-11)14-18-19-15(21-14)17-13(20)8-7-12-2-1-9-22-12/h1-9H,(H,17,19,20)/b8-7+. The molecule has 0 fully saturated rings. The minimum atomic E-state index is -0.372. The minimum Gasteiger partial charge on any atom is -0.403 e. The van der Waals surface area contributed by atoms with Gasteiger partial charge < -0.3 is 4.42 Å². The van der Waals surface area contributed by atoms with Gasteiger partial charge in [-0.3, -0.25) is 10.1 Å². The number of hydrogen-bond donors (Lipinski definition) is 1. The molecule has 0 aliphatic heterocycles. The lowest BCUT2D eigenvalue weighted by molar-refractivity contribution is -0.112. The molecular weight excluding hydrogens is 305 g/mol. The Labute approximate surface area is 129 Å². The summed E-state index contributed by atoms with van der Waals surface area (Å²) in [6, 6.07) is 9.41. The smallest absolute Gasteiger partial charge is 0.322 e. The highest BCUT2D eigenvalue weighted by atomic mass is 32.1. The van der Waals surface area contributed by atoms with Gasteiger partial charge in [0.25, 0.3) is 5.91 Å². The molecule has 0 atom stereocenters. The Hall–Kier alpha value is -2.80. The Morgan fingerprint density at radius 2 is 2.05 bits per heavy atom. The van der Waals surface area contributed by atoms with E-state index in [-0.39, 0.29) is 23.6 Å². The summed E-state index contributed by atoms with van der Waals surface area (Å²) in [6.45, 7) is 0. The quantitative estimate of drug-likeness (QED) is 0.747. The molecule has 0 unspecified atom stereocenters. The first kappa shape index (κ1) is 14.2. The maximum Gasteiger partial charge on any atom is 0.322 e. The predicted molar refractivity (Wildman–Crippen MR) is 81.7 cm³/mol. The fraction of sp³-hybridized carbons (Fsp3) is 0. The average molecular weight is 315 g/mol. The fourth-order valence-corrected chi connectivity index (χ4v) is 2.29. The van der Waals surface area contributed by atoms with Gasteiger partial charge in [-0.1, -0.05) is 11.2 Å². The van der Waals surface area contributed by atoms with Crippen LogP contribution in [0.2, 0.25) is 0 Å². The number of benzene rings is 1. The number of carbonyl (C=O) groups is 1. The number of halogens is 1. The molecule has 0 aliphatic carbocycles. The number of thiophene rings is 1. The lowest BCUT2D eigenvalue weighted by Crippen LogP contribution is -2.07. The number of amides is 1. The van der Waals surface area contributed by atoms with Gasteiger partial charge in [0.1, 0.15) is 5.82 Å². The fourth-order valence-electron chi connectivity index (χ4n) is 1.67. The lowest BCUT2D eigenvalue weighted by atomic mass is 10.2. The number of carbonyl (C=O) groups excluding carboxylic acids is 1. The van der Waals surface area contributed by atoms with Crippen molar-refractivity contribution >= 4 is 29.3 Å². The van der Waals surface area contributed by atoms with E-state index in [2.05, 4.69) is 15.5 Å². The van der Waals surface area contributed by atoms with Gasteiger partial charge in [-0.2, -0.15) is 0 Å². The van der Waals surface area contributed by atoms with Crippen molar-refractivity contribution in [1.29, 1.82) is 0 Å². The van der Waals surface area contributed by atoms with Gasteiger partial charge in [0.15, 0.2) is 0 Å². The van der Waals surface area contributed by atoms with E-state index in [0.29, 0.717) is 5.56 Å². The van der Waals surface area contributed by atoms with Gasteiger partial charge >= 0.3 is 6.01 Å². The minimum absolute atomic E-state index is 0.0137. The van der Waals surface area contributed by atoms with Crippen molar-refractivity contribution in [2.75, 3.05) is 5.32 Å². The van der Waals surface area contributed by atoms with Gasteiger partial charge in [-0.05, 0) is 41.8 Å². The first-order valence-electron chi connectivity index (χ1n) is 6.33. The van der Waals surface area contributed by atoms with Gasteiger partial charge in [-0.15, -0.1) is 16.4 Å². The van der Waals surface area contributed by atoms with Crippen molar-refractivity contribution in [3.63, 3.8) is 0 Å². The molecule has 2 heterocycles. The van der Waals surface area contributed by atoms with Crippen LogP contribution in [0.25, 0.3) is 17.5 Å². The van der Waals surface area contributed by atoms with E-state index in [4.69, 9.17) is 4.42 Å². The highest BCUT2D eigenvalue weighted by Crippen LogP contribution is 2.20. The third-order valence-electron chi connectivity index (χ3n) is 2.69. The van der Waals surface area contributed by atoms with Crippen LogP contribution in [0.5, 0.6) is 0 Å². The highest BCUT2D eigenvalue weighted by molar-refractivity contribution is 7.10. The van der Waals surface area contributed by atoms with Crippen molar-refractivity contribution in [2.45, 2.75) is 0 Å². The summed E-state index contributed by atoms with van der Waals surface area (Å²) < 4.78 is 18.2. The Morgan fingerprint density at radius 3 is 2.77 bits per heavy atom. The number of nitrogens with zero attached hydrogens (tertiary/aromatic N) is 2. The predicted octanol–water partition coefficient (Wildman–Crippen LogP) is 3.59. The van der Waals surface area contributed by atoms with Gasteiger partial charge in [0.2, 0.25) is 5.89 Å². The molecule has 110 valence electrons. The third kappa shape index (κ3) is 3.44. The summed E-state index contributed by atoms with van der Waals surface area (Å²) in [6.07, 6.45) is 3.07. The first-order valence-corrected chi connectivity index (χ1v) is 7.21. The molecule has 2 aromatic heterocycles. The van der Waals surface area contributed by atoms with Crippen molar-refractivity contribution in [2.24, 2.45) is 0 Å². The van der Waals surface area contributed by atoms with E-state index in [1.807, 2.05) is 17.5 Å². The van der Waals surface area contributed by atoms with Crippen molar-refractivity contribution in [1.82, 2.24) is 10.2 Å². The Bertz CT molecular complexity index is 795. The van der Waals surface area contributed by atoms with Gasteiger partial charge in [-0.25, -0.2) is 4.39 Å². The Balaban J connectivity index is 1.66. The van der Waals surface area contributed by atoms with Crippen LogP contribution in [0.1, 0.15) is 4.88 Å². The molecule has 0 saturated heterocycles. The van der Waals surface area contributed by atoms with Gasteiger partial charge in [0.05, 0.1) is 0 Å². The summed E-state index contributed by atoms with van der Waals surface area (Å²) in [4.78, 5) is 12.7. The largest absolute Gasteiger partial charge is 0.403 e. The second-order valence-corrected chi connectivity index (χ2v) is 5.24. The summed E-state index contributed by atoms with van der Waals surface area (Å²) in [7, 11) is 0. The van der Waals surface area contributed by atoms with Crippen molar-refractivity contribution in [3.05, 3.63) is 58.5 Å². The van der Waals surface area contributed by atoms with Crippen LogP contribution >= 0.6 is 11.3 Å². The molecule has 7 heteroatoms. The lowest BCUT2D eigenvalue weighted by Gasteiger charge is -1.95. The summed E-state index contributed by atoms with van der Waals surface area (Å²) in [5.41, 5.74) is 0.573. The van der Waals surface area contributed by atoms with Crippen LogP contribution in [0.15, 0.2) is 52.3 Å². The monoisotopic (exact) mass is 315 g/mol. The molecule has 1 aromatic carbocycles. The van der Waals surface area contributed by atoms with E-state index < -0.39 is 0 Å². The zero-order chi connectivity index (χ0) is 15.4. The van der Waals surface area contributed by atoms with Crippen molar-refractivity contribution < 1.29 is 13.6 Å². The molecule has 0 saturated carbocycles. The SMILES string of the molecule is O=C(/C=C/c1cccs1)Nc1nnc(-c2ccc(F)cc2)o1. The third-order valence-corrected chi connectivity index (χ3v) is 3.53. The summed E-state index contributed by atoms with van der Waals surface area (Å²) in [5.74, 6) is -0.518. The molecule has 5 nitrogen and oxygen atoms in total. The Kier molecular flexibility index (Phi) is 4.06. The zero-order valence-corrected chi connectivity index (χ0v) is 12.0. The first-order chi connectivity index (χ1) is 10.7. The molecule has 1 amide bonds. The molecule has 3 aromatic rings. The molecule has 22 heavy (non-hydrogen) atoms. The maximum atomic E-state index is 12.9. The second-order valence-electron chi connectivity index (χ2n) is 4.26. The highest BCUT2D eigenvalue weighted by Gasteiger charge is 2.10. The number of anilines is 1. The van der Waals surface area contributed by atoms with Crippen LogP contribution in [0.3, 0.4) is 0 Å². The summed E-state index contributed by atoms with van der Waals surface area (Å²) in [5, 5.41) is 11.9. The van der Waals surface area contributed by atoms with Crippen LogP contribution in [0.4, 0.5) is 10.4 Å². The van der Waals surface area contributed by atoms with E-state index in [0.717, 1.165) is 4.88 Å². The average Bonchev–Trinajstić information content (AvgIpc) is 3.17.